The molecule has 0 heterocycles. The van der Waals surface area contributed by atoms with E-state index in [2.05, 4.69) is 106 Å². The van der Waals surface area contributed by atoms with Crippen LogP contribution in [0.25, 0.3) is 0 Å². The first kappa shape index (κ1) is 65.6. The molecular formula is C63H108O6. The molecule has 0 radical (unpaired) electrons. The monoisotopic (exact) mass is 961 g/mol. The van der Waals surface area contributed by atoms with E-state index in [1.54, 1.807) is 0 Å². The van der Waals surface area contributed by atoms with Crippen molar-refractivity contribution in [2.75, 3.05) is 13.2 Å². The van der Waals surface area contributed by atoms with Gasteiger partial charge in [-0.1, -0.05) is 228 Å². The first-order valence-corrected chi connectivity index (χ1v) is 29.1. The van der Waals surface area contributed by atoms with Crippen molar-refractivity contribution < 1.29 is 28.6 Å². The fraction of sp³-hybridized carbons (Fsp3) is 0.730. The molecule has 396 valence electrons. The Morgan fingerprint density at radius 1 is 0.290 bits per heavy atom. The number of esters is 3. The summed E-state index contributed by atoms with van der Waals surface area (Å²) in [5.74, 6) is -0.958. The minimum Gasteiger partial charge on any atom is -0.462 e. The third kappa shape index (κ3) is 55.4. The quantitative estimate of drug-likeness (QED) is 0.0262. The van der Waals surface area contributed by atoms with Crippen LogP contribution >= 0.6 is 0 Å². The highest BCUT2D eigenvalue weighted by molar-refractivity contribution is 5.71. The summed E-state index contributed by atoms with van der Waals surface area (Å²) in [6, 6.07) is 0. The van der Waals surface area contributed by atoms with Gasteiger partial charge in [-0.15, -0.1) is 0 Å². The lowest BCUT2D eigenvalue weighted by Crippen LogP contribution is -2.30. The Labute approximate surface area is 426 Å². The van der Waals surface area contributed by atoms with Crippen molar-refractivity contribution >= 4 is 17.9 Å². The number of rotatable bonds is 52. The van der Waals surface area contributed by atoms with Crippen molar-refractivity contribution in [2.24, 2.45) is 0 Å². The first-order valence-electron chi connectivity index (χ1n) is 29.1. The number of unbranched alkanes of at least 4 members (excludes halogenated alkanes) is 27. The van der Waals surface area contributed by atoms with Crippen molar-refractivity contribution in [2.45, 2.75) is 284 Å². The summed E-state index contributed by atoms with van der Waals surface area (Å²) in [5.41, 5.74) is 0. The van der Waals surface area contributed by atoms with Crippen LogP contribution in [-0.2, 0) is 28.6 Å². The van der Waals surface area contributed by atoms with Gasteiger partial charge in [0.2, 0.25) is 0 Å². The van der Waals surface area contributed by atoms with Gasteiger partial charge < -0.3 is 14.2 Å². The molecule has 0 aromatic rings. The van der Waals surface area contributed by atoms with Gasteiger partial charge >= 0.3 is 17.9 Å². The van der Waals surface area contributed by atoms with Crippen molar-refractivity contribution in [3.05, 3.63) is 85.1 Å². The van der Waals surface area contributed by atoms with Gasteiger partial charge in [-0.25, -0.2) is 0 Å². The zero-order valence-electron chi connectivity index (χ0n) is 45.3. The summed E-state index contributed by atoms with van der Waals surface area (Å²) in [7, 11) is 0. The van der Waals surface area contributed by atoms with Gasteiger partial charge in [0.05, 0.1) is 0 Å². The molecule has 0 saturated carbocycles. The van der Waals surface area contributed by atoms with Crippen molar-refractivity contribution in [1.29, 1.82) is 0 Å². The highest BCUT2D eigenvalue weighted by Gasteiger charge is 2.19. The Hall–Kier alpha value is -3.41. The van der Waals surface area contributed by atoms with Crippen LogP contribution in [-0.4, -0.2) is 37.2 Å². The maximum absolute atomic E-state index is 12.9. The van der Waals surface area contributed by atoms with E-state index in [4.69, 9.17) is 14.2 Å². The zero-order chi connectivity index (χ0) is 50.0. The fourth-order valence-electron chi connectivity index (χ4n) is 7.93. The van der Waals surface area contributed by atoms with Gasteiger partial charge in [0, 0.05) is 19.3 Å². The molecule has 0 aliphatic rings. The van der Waals surface area contributed by atoms with Crippen LogP contribution in [0.3, 0.4) is 0 Å². The third-order valence-electron chi connectivity index (χ3n) is 12.3. The van der Waals surface area contributed by atoms with Crippen molar-refractivity contribution in [3.63, 3.8) is 0 Å². The number of ether oxygens (including phenoxy) is 3. The lowest BCUT2D eigenvalue weighted by Gasteiger charge is -2.18. The van der Waals surface area contributed by atoms with Gasteiger partial charge in [-0.2, -0.15) is 0 Å². The maximum Gasteiger partial charge on any atom is 0.306 e. The molecule has 0 amide bonds. The second-order valence-corrected chi connectivity index (χ2v) is 19.2. The molecule has 0 unspecified atom stereocenters. The van der Waals surface area contributed by atoms with E-state index < -0.39 is 6.10 Å². The second-order valence-electron chi connectivity index (χ2n) is 19.2. The standard InChI is InChI=1S/C63H108O6/c1-4-7-10-13-16-19-22-25-28-30-31-33-36-38-41-44-47-50-53-56-62(65)68-59-60(69-63(66)57-54-51-48-45-42-39-34-27-24-21-18-15-12-9-6-3)58-67-61(64)55-52-49-46-43-40-37-35-32-29-26-23-20-17-14-11-8-5-2/h16-17,19-21,24-26,28-29,35,37,43,46,60H,4-15,18,22-23,27,30-34,36,38-42,44-45,47-59H2,1-3H3/b19-16-,20-17-,24-21-,28-25-,29-26-,37-35-,46-43-/t60-/m0/s1. The summed E-state index contributed by atoms with van der Waals surface area (Å²) >= 11 is 0. The molecule has 6 nitrogen and oxygen atoms in total. The van der Waals surface area contributed by atoms with Gasteiger partial charge in [0.1, 0.15) is 13.2 Å². The average molecular weight is 962 g/mol. The van der Waals surface area contributed by atoms with E-state index in [0.717, 1.165) is 70.6 Å². The normalized spacial score (nSPS) is 12.7. The molecule has 0 aromatic heterocycles. The first-order chi connectivity index (χ1) is 34.0. The van der Waals surface area contributed by atoms with Gasteiger partial charge in [-0.3, -0.25) is 14.4 Å². The molecule has 0 aliphatic carbocycles. The predicted octanol–water partition coefficient (Wildman–Crippen LogP) is 19.5. The number of hydrogen-bond acceptors (Lipinski definition) is 6. The highest BCUT2D eigenvalue weighted by Crippen LogP contribution is 2.15. The molecule has 0 bridgehead atoms. The van der Waals surface area contributed by atoms with E-state index in [9.17, 15) is 14.4 Å². The van der Waals surface area contributed by atoms with Crippen LogP contribution in [0.15, 0.2) is 85.1 Å². The Kier molecular flexibility index (Phi) is 54.3. The molecule has 1 atom stereocenters. The fourth-order valence-corrected chi connectivity index (χ4v) is 7.93. The van der Waals surface area contributed by atoms with Gasteiger partial charge in [0.25, 0.3) is 0 Å². The molecule has 69 heavy (non-hydrogen) atoms. The summed E-state index contributed by atoms with van der Waals surface area (Å²) < 4.78 is 16.8. The second kappa shape index (κ2) is 57.2. The highest BCUT2D eigenvalue weighted by atomic mass is 16.6. The Morgan fingerprint density at radius 3 is 0.913 bits per heavy atom. The summed E-state index contributed by atoms with van der Waals surface area (Å²) in [6.45, 7) is 6.53. The van der Waals surface area contributed by atoms with Crippen LogP contribution in [0.4, 0.5) is 0 Å². The van der Waals surface area contributed by atoms with E-state index in [1.807, 2.05) is 0 Å². The summed E-state index contributed by atoms with van der Waals surface area (Å²) in [6.07, 6.45) is 74.3. The third-order valence-corrected chi connectivity index (χ3v) is 12.3. The van der Waals surface area contributed by atoms with Crippen molar-refractivity contribution in [3.8, 4) is 0 Å². The smallest absolute Gasteiger partial charge is 0.306 e. The zero-order valence-corrected chi connectivity index (χ0v) is 45.3. The van der Waals surface area contributed by atoms with Crippen LogP contribution in [0, 0.1) is 0 Å². The average Bonchev–Trinajstić information content (AvgIpc) is 3.35. The van der Waals surface area contributed by atoms with Crippen molar-refractivity contribution in [1.82, 2.24) is 0 Å². The van der Waals surface area contributed by atoms with Gasteiger partial charge in [0.15, 0.2) is 6.10 Å². The molecule has 0 N–H and O–H groups in total. The lowest BCUT2D eigenvalue weighted by atomic mass is 10.1. The van der Waals surface area contributed by atoms with Crippen LogP contribution in [0.5, 0.6) is 0 Å². The van der Waals surface area contributed by atoms with E-state index >= 15 is 0 Å². The number of allylic oxidation sites excluding steroid dienone is 14. The molecule has 0 aromatic carbocycles. The minimum absolute atomic E-state index is 0.0971. The topological polar surface area (TPSA) is 78.9 Å². The minimum atomic E-state index is -0.803. The maximum atomic E-state index is 12.9. The molecule has 0 spiro atoms. The number of hydrogen-bond donors (Lipinski definition) is 0. The lowest BCUT2D eigenvalue weighted by molar-refractivity contribution is -0.167. The molecule has 0 rings (SSSR count). The van der Waals surface area contributed by atoms with Crippen LogP contribution in [0.2, 0.25) is 0 Å². The Bertz CT molecular complexity index is 1330. The molecular weight excluding hydrogens is 853 g/mol. The van der Waals surface area contributed by atoms with E-state index in [-0.39, 0.29) is 37.5 Å². The summed E-state index contributed by atoms with van der Waals surface area (Å²) in [4.78, 5) is 38.2. The molecule has 0 saturated heterocycles. The Balaban J connectivity index is 4.46. The molecule has 0 fully saturated rings. The molecule has 0 aliphatic heterocycles. The molecule has 6 heteroatoms. The largest absolute Gasteiger partial charge is 0.462 e. The Morgan fingerprint density at radius 2 is 0.536 bits per heavy atom. The summed E-state index contributed by atoms with van der Waals surface area (Å²) in [5, 5.41) is 0. The van der Waals surface area contributed by atoms with Crippen LogP contribution in [0.1, 0.15) is 278 Å². The van der Waals surface area contributed by atoms with E-state index in [1.165, 1.54) is 161 Å². The SMILES string of the molecule is CCCCC/C=C\C/C=C\C/C=C\C/C=C\CCCC(=O)OC[C@@H](COC(=O)CCCCCCCCCCC/C=C\C/C=C\CCCCC)OC(=O)CCCCCCCCC/C=C\CCCCCC. The van der Waals surface area contributed by atoms with Gasteiger partial charge in [-0.05, 0) is 116 Å². The predicted molar refractivity (Wildman–Crippen MR) is 297 cm³/mol. The van der Waals surface area contributed by atoms with Crippen LogP contribution < -0.4 is 0 Å². The van der Waals surface area contributed by atoms with E-state index in [0.29, 0.717) is 19.3 Å². The number of carbonyl (C=O) groups is 3. The number of carbonyl (C=O) groups excluding carboxylic acids is 3.